The van der Waals surface area contributed by atoms with Crippen molar-refractivity contribution >= 4 is 5.78 Å². The summed E-state index contributed by atoms with van der Waals surface area (Å²) in [5.74, 6) is 1.29. The fourth-order valence-electron chi connectivity index (χ4n) is 8.58. The number of carbonyl (C=O) groups is 1. The first-order chi connectivity index (χ1) is 18.9. The number of aliphatic hydroxyl groups is 3. The quantitative estimate of drug-likeness (QED) is 0.171. The summed E-state index contributed by atoms with van der Waals surface area (Å²) in [6.07, 6.45) is 21.5. The average molecular weight is 553 g/mol. The van der Waals surface area contributed by atoms with E-state index in [2.05, 4.69) is 52.5 Å². The normalized spacial score (nSPS) is 34.9. The molecule has 0 saturated heterocycles. The van der Waals surface area contributed by atoms with Gasteiger partial charge in [-0.25, -0.2) is 0 Å². The van der Waals surface area contributed by atoms with E-state index in [0.29, 0.717) is 31.1 Å². The number of hydrogen-bond donors (Lipinski definition) is 3. The van der Waals surface area contributed by atoms with E-state index in [1.165, 1.54) is 44.1 Å². The van der Waals surface area contributed by atoms with Crippen LogP contribution in [0, 0.1) is 28.1 Å². The zero-order chi connectivity index (χ0) is 29.1. The third kappa shape index (κ3) is 6.60. The van der Waals surface area contributed by atoms with Gasteiger partial charge in [-0.3, -0.25) is 4.79 Å². The van der Waals surface area contributed by atoms with Gasteiger partial charge in [-0.15, -0.1) is 0 Å². The molecule has 4 aliphatic carbocycles. The molecule has 0 heterocycles. The van der Waals surface area contributed by atoms with Crippen LogP contribution in [0.25, 0.3) is 0 Å². The second kappa shape index (κ2) is 12.8. The summed E-state index contributed by atoms with van der Waals surface area (Å²) in [7, 11) is 0. The van der Waals surface area contributed by atoms with E-state index < -0.39 is 23.7 Å². The van der Waals surface area contributed by atoms with Crippen molar-refractivity contribution in [3.05, 3.63) is 47.6 Å². The van der Waals surface area contributed by atoms with Crippen molar-refractivity contribution in [2.75, 3.05) is 0 Å². The van der Waals surface area contributed by atoms with Crippen LogP contribution in [0.5, 0.6) is 0 Å². The van der Waals surface area contributed by atoms with E-state index in [0.717, 1.165) is 49.7 Å². The van der Waals surface area contributed by atoms with Crippen LogP contribution in [0.15, 0.2) is 47.6 Å². The molecular formula is C36H56O4. The van der Waals surface area contributed by atoms with E-state index in [9.17, 15) is 20.1 Å². The molecule has 0 aliphatic heterocycles. The number of hydrogen-bond acceptors (Lipinski definition) is 4. The lowest BCUT2D eigenvalue weighted by Crippen LogP contribution is -2.39. The van der Waals surface area contributed by atoms with Gasteiger partial charge in [-0.1, -0.05) is 89.8 Å². The molecular weight excluding hydrogens is 496 g/mol. The van der Waals surface area contributed by atoms with Gasteiger partial charge in [-0.05, 0) is 91.6 Å². The van der Waals surface area contributed by atoms with Gasteiger partial charge in [0.15, 0.2) is 0 Å². The molecule has 0 radical (unpaired) electrons. The molecule has 0 aromatic rings. The standard InChI is InChI=1S/C36H56O4/c1-6-7-8-9-10-13-32(39)36(21-22-36)33(40)18-20-34(3,4)31-17-16-29-26(12-11-19-35(29,31)5)14-15-27-23-28(37)24-30(38)25(27)2/h14-15,18,20,28-31,33,37-38,40H,2,6-13,16-17,19,21-24H2,1,3-5H3/t28-,29+,30+,31-,33+,35+/m1/s1. The molecule has 40 heavy (non-hydrogen) atoms. The topological polar surface area (TPSA) is 77.8 Å². The molecule has 0 aromatic carbocycles. The lowest BCUT2D eigenvalue weighted by atomic mass is 9.57. The van der Waals surface area contributed by atoms with Crippen LogP contribution in [0.3, 0.4) is 0 Å². The highest BCUT2D eigenvalue weighted by Crippen LogP contribution is 2.62. The molecule has 0 unspecified atom stereocenters. The van der Waals surface area contributed by atoms with Crippen molar-refractivity contribution in [1.29, 1.82) is 0 Å². The van der Waals surface area contributed by atoms with E-state index in [4.69, 9.17) is 0 Å². The zero-order valence-electron chi connectivity index (χ0n) is 25.8. The number of carbonyl (C=O) groups excluding carboxylic acids is 1. The van der Waals surface area contributed by atoms with Gasteiger partial charge < -0.3 is 15.3 Å². The van der Waals surface area contributed by atoms with Gasteiger partial charge in [0.1, 0.15) is 5.78 Å². The van der Waals surface area contributed by atoms with Crippen molar-refractivity contribution in [2.45, 2.75) is 142 Å². The Bertz CT molecular complexity index is 1010. The van der Waals surface area contributed by atoms with Crippen LogP contribution < -0.4 is 0 Å². The third-order valence-electron chi connectivity index (χ3n) is 11.3. The summed E-state index contributed by atoms with van der Waals surface area (Å²) in [5, 5.41) is 31.6. The van der Waals surface area contributed by atoms with Crippen molar-refractivity contribution in [3.8, 4) is 0 Å². The zero-order valence-corrected chi connectivity index (χ0v) is 25.8. The second-order valence-electron chi connectivity index (χ2n) is 14.5. The van der Waals surface area contributed by atoms with E-state index >= 15 is 0 Å². The fourth-order valence-corrected chi connectivity index (χ4v) is 8.58. The Hall–Kier alpha value is -1.49. The maximum atomic E-state index is 13.1. The number of fused-ring (bicyclic) bond motifs is 1. The van der Waals surface area contributed by atoms with Crippen LogP contribution in [-0.2, 0) is 4.79 Å². The molecule has 4 heteroatoms. The van der Waals surface area contributed by atoms with Crippen molar-refractivity contribution in [1.82, 2.24) is 0 Å². The lowest BCUT2D eigenvalue weighted by Gasteiger charge is -2.47. The first kappa shape index (κ1) is 31.4. The molecule has 4 saturated carbocycles. The smallest absolute Gasteiger partial charge is 0.141 e. The first-order valence-corrected chi connectivity index (χ1v) is 16.3. The van der Waals surface area contributed by atoms with E-state index in [1.54, 1.807) is 0 Å². The van der Waals surface area contributed by atoms with Crippen molar-refractivity contribution in [2.24, 2.45) is 28.1 Å². The molecule has 0 spiro atoms. The molecule has 0 bridgehead atoms. The summed E-state index contributed by atoms with van der Waals surface area (Å²) >= 11 is 0. The summed E-state index contributed by atoms with van der Waals surface area (Å²) in [6.45, 7) is 13.4. The summed E-state index contributed by atoms with van der Waals surface area (Å²) < 4.78 is 0. The molecule has 6 atom stereocenters. The van der Waals surface area contributed by atoms with Crippen LogP contribution in [0.2, 0.25) is 0 Å². The Morgan fingerprint density at radius 1 is 1.10 bits per heavy atom. The van der Waals surface area contributed by atoms with Gasteiger partial charge in [0, 0.05) is 12.8 Å². The van der Waals surface area contributed by atoms with Gasteiger partial charge >= 0.3 is 0 Å². The van der Waals surface area contributed by atoms with Gasteiger partial charge in [0.05, 0.1) is 23.7 Å². The maximum Gasteiger partial charge on any atom is 0.141 e. The molecule has 224 valence electrons. The van der Waals surface area contributed by atoms with Crippen LogP contribution in [0.4, 0.5) is 0 Å². The van der Waals surface area contributed by atoms with E-state index in [1.807, 2.05) is 6.08 Å². The monoisotopic (exact) mass is 552 g/mol. The predicted octanol–water partition coefficient (Wildman–Crippen LogP) is 7.78. The molecule has 4 aliphatic rings. The number of aliphatic hydroxyl groups excluding tert-OH is 3. The Morgan fingerprint density at radius 3 is 2.52 bits per heavy atom. The highest BCUT2D eigenvalue weighted by atomic mass is 16.3. The SMILES string of the molecule is C=C1C(=CC=C2CCC[C@]3(C)[C@@H](C(C)(C)C=C[C@H](O)C4(C(=O)CCCCCCC)CC4)CC[C@@H]23)C[C@@H](O)C[C@@H]1O. The van der Waals surface area contributed by atoms with Gasteiger partial charge in [0.25, 0.3) is 0 Å². The van der Waals surface area contributed by atoms with E-state index in [-0.39, 0.29) is 16.6 Å². The second-order valence-corrected chi connectivity index (χ2v) is 14.5. The fraction of sp³-hybridized carbons (Fsp3) is 0.750. The predicted molar refractivity (Wildman–Crippen MR) is 164 cm³/mol. The molecule has 4 fully saturated rings. The summed E-state index contributed by atoms with van der Waals surface area (Å²) in [6, 6.07) is 0. The number of allylic oxidation sites excluding steroid dienone is 4. The average Bonchev–Trinajstić information content (AvgIpc) is 3.64. The summed E-state index contributed by atoms with van der Waals surface area (Å²) in [4.78, 5) is 13.1. The lowest BCUT2D eigenvalue weighted by molar-refractivity contribution is -0.127. The highest BCUT2D eigenvalue weighted by Gasteiger charge is 2.55. The molecule has 4 nitrogen and oxygen atoms in total. The van der Waals surface area contributed by atoms with Gasteiger partial charge in [-0.2, -0.15) is 0 Å². The van der Waals surface area contributed by atoms with Crippen LogP contribution in [-0.4, -0.2) is 39.4 Å². The highest BCUT2D eigenvalue weighted by molar-refractivity contribution is 5.88. The molecule has 0 aromatic heterocycles. The minimum absolute atomic E-state index is 0.0729. The van der Waals surface area contributed by atoms with Gasteiger partial charge in [0.2, 0.25) is 0 Å². The third-order valence-corrected chi connectivity index (χ3v) is 11.3. The minimum Gasteiger partial charge on any atom is -0.393 e. The number of Topliss-reactive ketones (excluding diaryl/α,β-unsaturated/α-hetero) is 1. The summed E-state index contributed by atoms with van der Waals surface area (Å²) in [5.41, 5.74) is 2.80. The number of rotatable bonds is 12. The van der Waals surface area contributed by atoms with Crippen molar-refractivity contribution in [3.63, 3.8) is 0 Å². The molecule has 3 N–H and O–H groups in total. The number of ketones is 1. The van der Waals surface area contributed by atoms with Crippen LogP contribution in [0.1, 0.15) is 124 Å². The molecule has 0 amide bonds. The Kier molecular flexibility index (Phi) is 10.1. The van der Waals surface area contributed by atoms with Crippen LogP contribution >= 0.6 is 0 Å². The maximum absolute atomic E-state index is 13.1. The number of unbranched alkanes of at least 4 members (excludes halogenated alkanes) is 4. The molecule has 4 rings (SSSR count). The largest absolute Gasteiger partial charge is 0.393 e. The minimum atomic E-state index is -0.678. The Labute approximate surface area is 243 Å². The Balaban J connectivity index is 1.42. The Morgan fingerprint density at radius 2 is 1.82 bits per heavy atom. The first-order valence-electron chi connectivity index (χ1n) is 16.3. The van der Waals surface area contributed by atoms with Crippen molar-refractivity contribution < 1.29 is 20.1 Å².